The highest BCUT2D eigenvalue weighted by molar-refractivity contribution is 6.31. The second-order valence-corrected chi connectivity index (χ2v) is 5.71. The predicted molar refractivity (Wildman–Crippen MR) is 97.4 cm³/mol. The first-order valence-electron chi connectivity index (χ1n) is 7.59. The number of halogens is 1. The van der Waals surface area contributed by atoms with E-state index in [0.717, 1.165) is 16.8 Å². The van der Waals surface area contributed by atoms with Crippen LogP contribution in [0.2, 0.25) is 5.02 Å². The number of pyridine rings is 1. The number of anilines is 3. The third-order valence-electron chi connectivity index (χ3n) is 3.48. The summed E-state index contributed by atoms with van der Waals surface area (Å²) >= 11 is 6.13. The Bertz CT molecular complexity index is 859. The lowest BCUT2D eigenvalue weighted by molar-refractivity contribution is 0.416. The van der Waals surface area contributed by atoms with Gasteiger partial charge in [-0.05, 0) is 30.2 Å². The van der Waals surface area contributed by atoms with Crippen LogP contribution >= 0.6 is 11.6 Å². The van der Waals surface area contributed by atoms with Crippen LogP contribution in [-0.2, 0) is 6.54 Å². The first-order valence-corrected chi connectivity index (χ1v) is 7.97. The van der Waals surface area contributed by atoms with Gasteiger partial charge in [0.15, 0.2) is 5.82 Å². The Balaban J connectivity index is 1.75. The topological polar surface area (TPSA) is 84.9 Å². The van der Waals surface area contributed by atoms with Gasteiger partial charge in [-0.3, -0.25) is 4.98 Å². The summed E-state index contributed by atoms with van der Waals surface area (Å²) < 4.78 is 5.34. The van der Waals surface area contributed by atoms with Crippen LogP contribution < -0.4 is 15.4 Å². The van der Waals surface area contributed by atoms with E-state index in [1.54, 1.807) is 31.8 Å². The van der Waals surface area contributed by atoms with E-state index in [1.807, 2.05) is 25.1 Å². The molecule has 1 aromatic carbocycles. The van der Waals surface area contributed by atoms with E-state index >= 15 is 0 Å². The summed E-state index contributed by atoms with van der Waals surface area (Å²) in [7, 11) is 1.58. The Morgan fingerprint density at radius 1 is 1.24 bits per heavy atom. The zero-order valence-electron chi connectivity index (χ0n) is 13.8. The van der Waals surface area contributed by atoms with E-state index in [9.17, 15) is 0 Å². The van der Waals surface area contributed by atoms with Crippen molar-refractivity contribution >= 4 is 29.1 Å². The fourth-order valence-corrected chi connectivity index (χ4v) is 2.34. The van der Waals surface area contributed by atoms with Crippen LogP contribution in [0.15, 0.2) is 42.9 Å². The lowest BCUT2D eigenvalue weighted by atomic mass is 10.2. The summed E-state index contributed by atoms with van der Waals surface area (Å²) in [5, 5.41) is 14.9. The van der Waals surface area contributed by atoms with Gasteiger partial charge >= 0.3 is 0 Å². The van der Waals surface area contributed by atoms with Gasteiger partial charge in [0.25, 0.3) is 0 Å². The largest absolute Gasteiger partial charge is 0.495 e. The summed E-state index contributed by atoms with van der Waals surface area (Å²) in [5.41, 5.74) is 2.69. The monoisotopic (exact) mass is 356 g/mol. The van der Waals surface area contributed by atoms with Crippen molar-refractivity contribution in [3.8, 4) is 5.75 Å². The fraction of sp³-hybridized carbons (Fsp3) is 0.176. The first-order chi connectivity index (χ1) is 12.2. The zero-order valence-corrected chi connectivity index (χ0v) is 14.6. The molecule has 0 saturated carbocycles. The number of hydrogen-bond donors (Lipinski definition) is 2. The molecule has 0 saturated heterocycles. The Morgan fingerprint density at radius 2 is 2.12 bits per heavy atom. The highest BCUT2D eigenvalue weighted by Gasteiger charge is 2.09. The molecule has 2 aromatic heterocycles. The molecule has 0 bridgehead atoms. The van der Waals surface area contributed by atoms with Crippen molar-refractivity contribution in [1.82, 2.24) is 20.2 Å². The van der Waals surface area contributed by atoms with Gasteiger partial charge in [0.2, 0.25) is 5.95 Å². The van der Waals surface area contributed by atoms with Gasteiger partial charge < -0.3 is 15.4 Å². The second-order valence-electron chi connectivity index (χ2n) is 5.31. The maximum absolute atomic E-state index is 6.13. The number of hydrogen-bond acceptors (Lipinski definition) is 7. The highest BCUT2D eigenvalue weighted by Crippen LogP contribution is 2.32. The number of benzene rings is 1. The molecular formula is C17H17ClN6O. The summed E-state index contributed by atoms with van der Waals surface area (Å²) in [6, 6.07) is 7.49. The van der Waals surface area contributed by atoms with Crippen LogP contribution in [0, 0.1) is 6.92 Å². The Labute approximate surface area is 150 Å². The molecule has 2 N–H and O–H groups in total. The number of ether oxygens (including phenoxy) is 1. The van der Waals surface area contributed by atoms with Crippen LogP contribution in [0.5, 0.6) is 5.75 Å². The van der Waals surface area contributed by atoms with Crippen LogP contribution in [0.1, 0.15) is 11.1 Å². The van der Waals surface area contributed by atoms with E-state index in [0.29, 0.717) is 29.1 Å². The van der Waals surface area contributed by atoms with E-state index in [1.165, 1.54) is 0 Å². The van der Waals surface area contributed by atoms with Crippen LogP contribution in [0.3, 0.4) is 0 Å². The van der Waals surface area contributed by atoms with Gasteiger partial charge in [0, 0.05) is 30.0 Å². The van der Waals surface area contributed by atoms with Crippen LogP contribution in [0.4, 0.5) is 17.5 Å². The third-order valence-corrected chi connectivity index (χ3v) is 3.89. The van der Waals surface area contributed by atoms with Crippen molar-refractivity contribution in [2.24, 2.45) is 0 Å². The lowest BCUT2D eigenvalue weighted by Crippen LogP contribution is -2.06. The minimum atomic E-state index is 0.358. The maximum Gasteiger partial charge on any atom is 0.249 e. The fourth-order valence-electron chi connectivity index (χ4n) is 2.19. The normalized spacial score (nSPS) is 10.4. The number of methoxy groups -OCH3 is 1. The molecule has 7 nitrogen and oxygen atoms in total. The molecule has 0 amide bonds. The van der Waals surface area contributed by atoms with Gasteiger partial charge in [0.05, 0.1) is 19.0 Å². The minimum Gasteiger partial charge on any atom is -0.495 e. The summed E-state index contributed by atoms with van der Waals surface area (Å²) in [6.45, 7) is 2.51. The lowest BCUT2D eigenvalue weighted by Gasteiger charge is -2.12. The van der Waals surface area contributed by atoms with Gasteiger partial charge in [-0.25, -0.2) is 0 Å². The Kier molecular flexibility index (Phi) is 5.25. The van der Waals surface area contributed by atoms with Crippen molar-refractivity contribution in [1.29, 1.82) is 0 Å². The van der Waals surface area contributed by atoms with Gasteiger partial charge in [-0.2, -0.15) is 10.1 Å². The smallest absolute Gasteiger partial charge is 0.249 e. The van der Waals surface area contributed by atoms with E-state index < -0.39 is 0 Å². The average Bonchev–Trinajstić information content (AvgIpc) is 2.64. The molecule has 0 aliphatic heterocycles. The molecule has 3 aromatic rings. The zero-order chi connectivity index (χ0) is 17.6. The highest BCUT2D eigenvalue weighted by atomic mass is 35.5. The minimum absolute atomic E-state index is 0.358. The molecule has 0 spiro atoms. The Morgan fingerprint density at radius 3 is 2.88 bits per heavy atom. The molecule has 128 valence electrons. The molecule has 25 heavy (non-hydrogen) atoms. The number of nitrogens with zero attached hydrogens (tertiary/aromatic N) is 4. The molecule has 2 heterocycles. The predicted octanol–water partition coefficient (Wildman–Crippen LogP) is 3.59. The van der Waals surface area contributed by atoms with Gasteiger partial charge in [-0.15, -0.1) is 5.10 Å². The SMILES string of the molecule is COc1cc(Cl)c(C)cc1Nc1nncc(NCc2cccnc2)n1. The molecule has 0 radical (unpaired) electrons. The van der Waals surface area contributed by atoms with E-state index in [2.05, 4.69) is 30.8 Å². The quantitative estimate of drug-likeness (QED) is 0.698. The average molecular weight is 357 g/mol. The molecule has 0 aliphatic rings. The molecule has 0 atom stereocenters. The number of nitrogens with one attached hydrogen (secondary N) is 2. The third kappa shape index (κ3) is 4.33. The van der Waals surface area contributed by atoms with E-state index in [-0.39, 0.29) is 0 Å². The van der Waals surface area contributed by atoms with Gasteiger partial charge in [-0.1, -0.05) is 17.7 Å². The summed E-state index contributed by atoms with van der Waals surface area (Å²) in [4.78, 5) is 8.49. The number of aryl methyl sites for hydroxylation is 1. The molecule has 0 unspecified atom stereocenters. The molecule has 3 rings (SSSR count). The van der Waals surface area contributed by atoms with Crippen molar-refractivity contribution in [2.75, 3.05) is 17.7 Å². The molecule has 8 heteroatoms. The second kappa shape index (κ2) is 7.76. The van der Waals surface area contributed by atoms with Crippen molar-refractivity contribution in [3.05, 3.63) is 59.0 Å². The number of aromatic nitrogens is 4. The molecular weight excluding hydrogens is 340 g/mol. The van der Waals surface area contributed by atoms with Crippen LogP contribution in [-0.4, -0.2) is 27.3 Å². The Hall–Kier alpha value is -2.93. The number of rotatable bonds is 6. The first kappa shape index (κ1) is 16.9. The van der Waals surface area contributed by atoms with Crippen LogP contribution in [0.25, 0.3) is 0 Å². The van der Waals surface area contributed by atoms with Gasteiger partial charge in [0.1, 0.15) is 5.75 Å². The van der Waals surface area contributed by atoms with Crippen molar-refractivity contribution < 1.29 is 4.74 Å². The van der Waals surface area contributed by atoms with E-state index in [4.69, 9.17) is 16.3 Å². The van der Waals surface area contributed by atoms with Crippen molar-refractivity contribution in [2.45, 2.75) is 13.5 Å². The standard InChI is InChI=1S/C17H17ClN6O/c1-11-6-14(15(25-2)7-13(11)18)22-17-23-16(10-21-24-17)20-9-12-4-3-5-19-8-12/h3-8,10H,9H2,1-2H3,(H2,20,22,23,24). The molecule has 0 aliphatic carbocycles. The maximum atomic E-state index is 6.13. The summed E-state index contributed by atoms with van der Waals surface area (Å²) in [6.07, 6.45) is 5.09. The molecule has 0 fully saturated rings. The summed E-state index contributed by atoms with van der Waals surface area (Å²) in [5.74, 6) is 1.56. The van der Waals surface area contributed by atoms with Crippen molar-refractivity contribution in [3.63, 3.8) is 0 Å².